The third-order valence-corrected chi connectivity index (χ3v) is 7.30. The van der Waals surface area contributed by atoms with Crippen LogP contribution in [0.25, 0.3) is 78.4 Å². The summed E-state index contributed by atoms with van der Waals surface area (Å²) in [6.07, 6.45) is 0. The maximum atomic E-state index is 8.98. The van der Waals surface area contributed by atoms with Gasteiger partial charge in [0, 0.05) is 21.9 Å². The Labute approximate surface area is 258 Å². The highest BCUT2D eigenvalue weighted by atomic mass is 16.3. The molecule has 4 nitrogen and oxygen atoms in total. The van der Waals surface area contributed by atoms with Crippen LogP contribution in [0, 0.1) is 0 Å². The summed E-state index contributed by atoms with van der Waals surface area (Å²) in [6.45, 7) is 0. The monoisotopic (exact) mass is 558 g/mol. The SMILES string of the molecule is [2H]c1c([2H])c([2H])c2c(oc3c(-c4nc(-c5ccc(-c6ccccc6)cc5)nc(-c5ccc(-c6ccccc6)cc5)n4)c([2H])c([2H])c([2H])c32)c1[2H]. The lowest BCUT2D eigenvalue weighted by molar-refractivity contribution is 0.669. The molecule has 0 aliphatic rings. The number of nitrogens with zero attached hydrogens (tertiary/aromatic N) is 3. The van der Waals surface area contributed by atoms with E-state index in [1.807, 2.05) is 109 Å². The molecule has 202 valence electrons. The Bertz CT molecular complexity index is 2490. The summed E-state index contributed by atoms with van der Waals surface area (Å²) in [4.78, 5) is 14.4. The largest absolute Gasteiger partial charge is 0.455 e. The molecule has 2 aromatic heterocycles. The summed E-state index contributed by atoms with van der Waals surface area (Å²) in [5.74, 6) is 0.597. The Morgan fingerprint density at radius 3 is 1.47 bits per heavy atom. The van der Waals surface area contributed by atoms with E-state index in [2.05, 4.69) is 0 Å². The maximum Gasteiger partial charge on any atom is 0.167 e. The topological polar surface area (TPSA) is 51.8 Å². The Balaban J connectivity index is 1.37. The van der Waals surface area contributed by atoms with Gasteiger partial charge < -0.3 is 4.42 Å². The second-order valence-electron chi connectivity index (χ2n) is 9.95. The number of para-hydroxylation sites is 2. The second-order valence-corrected chi connectivity index (χ2v) is 9.95. The lowest BCUT2D eigenvalue weighted by Gasteiger charge is -2.10. The number of benzene rings is 6. The van der Waals surface area contributed by atoms with E-state index in [1.54, 1.807) is 0 Å². The number of hydrogen-bond donors (Lipinski definition) is 0. The molecule has 4 heteroatoms. The summed E-state index contributed by atoms with van der Waals surface area (Å²) >= 11 is 0. The van der Waals surface area contributed by atoms with Gasteiger partial charge in [0.2, 0.25) is 0 Å². The van der Waals surface area contributed by atoms with Crippen LogP contribution in [0.2, 0.25) is 0 Å². The van der Waals surface area contributed by atoms with Gasteiger partial charge in [-0.25, -0.2) is 15.0 Å². The van der Waals surface area contributed by atoms with Crippen molar-refractivity contribution in [3.8, 4) is 56.4 Å². The van der Waals surface area contributed by atoms with Crippen molar-refractivity contribution in [3.05, 3.63) is 151 Å². The third-order valence-electron chi connectivity index (χ3n) is 7.30. The molecule has 8 rings (SSSR count). The van der Waals surface area contributed by atoms with Crippen molar-refractivity contribution in [2.24, 2.45) is 0 Å². The van der Waals surface area contributed by atoms with E-state index < -0.39 is 30.2 Å². The van der Waals surface area contributed by atoms with E-state index in [9.17, 15) is 0 Å². The molecule has 0 radical (unpaired) electrons. The number of aromatic nitrogens is 3. The van der Waals surface area contributed by atoms with Crippen molar-refractivity contribution in [3.63, 3.8) is 0 Å². The molecule has 0 saturated carbocycles. The van der Waals surface area contributed by atoms with E-state index in [0.717, 1.165) is 22.3 Å². The van der Waals surface area contributed by atoms with Crippen molar-refractivity contribution in [1.82, 2.24) is 15.0 Å². The molecular formula is C39H25N3O. The zero-order chi connectivity index (χ0) is 34.7. The number of rotatable bonds is 5. The van der Waals surface area contributed by atoms with Gasteiger partial charge in [0.1, 0.15) is 11.2 Å². The van der Waals surface area contributed by atoms with E-state index in [4.69, 9.17) is 29.0 Å². The van der Waals surface area contributed by atoms with Crippen molar-refractivity contribution in [2.75, 3.05) is 0 Å². The minimum absolute atomic E-state index is 0.00193. The molecule has 0 bridgehead atoms. The van der Waals surface area contributed by atoms with Crippen LogP contribution in [0.5, 0.6) is 0 Å². The molecule has 0 atom stereocenters. The summed E-state index contributed by atoms with van der Waals surface area (Å²) < 4.78 is 66.0. The highest BCUT2D eigenvalue weighted by Gasteiger charge is 2.17. The first-order valence-electron chi connectivity index (χ1n) is 17.2. The van der Waals surface area contributed by atoms with Crippen molar-refractivity contribution >= 4 is 21.9 Å². The Kier molecular flexibility index (Phi) is 4.53. The van der Waals surface area contributed by atoms with Crippen LogP contribution in [0.3, 0.4) is 0 Å². The van der Waals surface area contributed by atoms with Crippen molar-refractivity contribution < 1.29 is 14.0 Å². The summed E-state index contributed by atoms with van der Waals surface area (Å²) in [7, 11) is 0. The van der Waals surface area contributed by atoms with Crippen LogP contribution < -0.4 is 0 Å². The molecule has 2 heterocycles. The average Bonchev–Trinajstić information content (AvgIpc) is 3.57. The summed E-state index contributed by atoms with van der Waals surface area (Å²) in [5.41, 5.74) is 5.19. The normalized spacial score (nSPS) is 13.5. The number of furan rings is 1. The highest BCUT2D eigenvalue weighted by molar-refractivity contribution is 6.09. The molecule has 0 fully saturated rings. The van der Waals surface area contributed by atoms with Crippen molar-refractivity contribution in [1.29, 1.82) is 0 Å². The smallest absolute Gasteiger partial charge is 0.167 e. The molecule has 0 unspecified atom stereocenters. The van der Waals surface area contributed by atoms with Gasteiger partial charge in [-0.15, -0.1) is 0 Å². The summed E-state index contributed by atoms with van der Waals surface area (Å²) in [6, 6.07) is 32.3. The molecule has 8 aromatic rings. The second kappa shape index (κ2) is 10.5. The molecule has 0 N–H and O–H groups in total. The molecule has 0 aliphatic heterocycles. The van der Waals surface area contributed by atoms with E-state index >= 15 is 0 Å². The fraction of sp³-hybridized carbons (Fsp3) is 0. The van der Waals surface area contributed by atoms with E-state index in [1.165, 1.54) is 0 Å². The van der Waals surface area contributed by atoms with Crippen LogP contribution in [0.1, 0.15) is 9.60 Å². The minimum Gasteiger partial charge on any atom is -0.455 e. The molecule has 0 aliphatic carbocycles. The molecular weight excluding hydrogens is 526 g/mol. The fourth-order valence-corrected chi connectivity index (χ4v) is 5.12. The fourth-order valence-electron chi connectivity index (χ4n) is 5.12. The minimum atomic E-state index is -0.491. The zero-order valence-electron chi connectivity index (χ0n) is 29.6. The molecule has 0 saturated heterocycles. The number of hydrogen-bond acceptors (Lipinski definition) is 4. The quantitative estimate of drug-likeness (QED) is 0.211. The Morgan fingerprint density at radius 2 is 0.884 bits per heavy atom. The molecule has 43 heavy (non-hydrogen) atoms. The van der Waals surface area contributed by atoms with Crippen LogP contribution >= 0.6 is 0 Å². The third kappa shape index (κ3) is 4.65. The van der Waals surface area contributed by atoms with Crippen LogP contribution in [0.4, 0.5) is 0 Å². The molecule has 0 spiro atoms. The first-order chi connectivity index (χ1) is 24.2. The van der Waals surface area contributed by atoms with Crippen LogP contribution in [-0.2, 0) is 0 Å². The van der Waals surface area contributed by atoms with Gasteiger partial charge in [-0.05, 0) is 34.3 Å². The zero-order valence-corrected chi connectivity index (χ0v) is 22.6. The summed E-state index contributed by atoms with van der Waals surface area (Å²) in [5, 5.41) is -0.0424. The molecule has 0 amide bonds. The van der Waals surface area contributed by atoms with Gasteiger partial charge in [-0.2, -0.15) is 0 Å². The van der Waals surface area contributed by atoms with Gasteiger partial charge in [-0.3, -0.25) is 0 Å². The van der Waals surface area contributed by atoms with E-state index in [-0.39, 0.29) is 45.4 Å². The Hall–Kier alpha value is -5.87. The predicted molar refractivity (Wildman–Crippen MR) is 174 cm³/mol. The van der Waals surface area contributed by atoms with Gasteiger partial charge in [0.25, 0.3) is 0 Å². The average molecular weight is 559 g/mol. The predicted octanol–water partition coefficient (Wildman–Crippen LogP) is 10.1. The van der Waals surface area contributed by atoms with Gasteiger partial charge in [-0.1, -0.05) is 139 Å². The Morgan fingerprint density at radius 1 is 0.419 bits per heavy atom. The standard InChI is InChI=1S/C39H25N3O/c1-3-10-26(11-4-1)28-18-22-30(23-19-28)37-40-38(31-24-20-29(21-25-31)27-12-5-2-6-13-27)42-39(41-37)34-16-9-15-33-32-14-7-8-17-35(32)43-36(33)34/h1-25H/i7D,8D,9D,14D,15D,16D,17D. The lowest BCUT2D eigenvalue weighted by atomic mass is 10.0. The molecule has 6 aromatic carbocycles. The van der Waals surface area contributed by atoms with Crippen LogP contribution in [0.15, 0.2) is 156 Å². The first kappa shape index (κ1) is 18.5. The first-order valence-corrected chi connectivity index (χ1v) is 13.7. The lowest BCUT2D eigenvalue weighted by Crippen LogP contribution is -2.00. The number of fused-ring (bicyclic) bond motifs is 3. The van der Waals surface area contributed by atoms with Crippen molar-refractivity contribution in [2.45, 2.75) is 0 Å². The highest BCUT2D eigenvalue weighted by Crippen LogP contribution is 2.36. The van der Waals surface area contributed by atoms with Gasteiger partial charge >= 0.3 is 0 Å². The van der Waals surface area contributed by atoms with Crippen LogP contribution in [-0.4, -0.2) is 15.0 Å². The maximum absolute atomic E-state index is 8.98. The van der Waals surface area contributed by atoms with Gasteiger partial charge in [0.15, 0.2) is 17.5 Å². The van der Waals surface area contributed by atoms with Gasteiger partial charge in [0.05, 0.1) is 15.2 Å². The van der Waals surface area contributed by atoms with E-state index in [0.29, 0.717) is 22.8 Å².